The van der Waals surface area contributed by atoms with Gasteiger partial charge >= 0.3 is 0 Å². The predicted molar refractivity (Wildman–Crippen MR) is 154 cm³/mol. The monoisotopic (exact) mass is 538 g/mol. The Hall–Kier alpha value is -5.63. The molecule has 7 aromatic rings. The topological polar surface area (TPSA) is 69.4 Å². The van der Waals surface area contributed by atoms with Crippen molar-refractivity contribution in [3.8, 4) is 51.2 Å². The van der Waals surface area contributed by atoms with E-state index in [1.165, 1.54) is 24.3 Å². The largest absolute Gasteiger partial charge is 0.292 e. The molecule has 3 heterocycles. The van der Waals surface area contributed by atoms with Gasteiger partial charge in [-0.05, 0) is 72.8 Å². The second kappa shape index (κ2) is 10.2. The number of rotatable bonds is 5. The first-order chi connectivity index (χ1) is 20.1. The normalized spacial score (nSPS) is 11.2. The Bertz CT molecular complexity index is 1940. The third-order valence-electron chi connectivity index (χ3n) is 6.73. The first kappa shape index (κ1) is 24.4. The molecule has 0 saturated heterocycles. The van der Waals surface area contributed by atoms with E-state index in [-0.39, 0.29) is 11.6 Å². The highest BCUT2D eigenvalue weighted by Gasteiger charge is 2.20. The van der Waals surface area contributed by atoms with Crippen LogP contribution in [0, 0.1) is 11.6 Å². The van der Waals surface area contributed by atoms with Gasteiger partial charge in [-0.3, -0.25) is 9.55 Å². The van der Waals surface area contributed by atoms with E-state index >= 15 is 0 Å². The molecule has 41 heavy (non-hydrogen) atoms. The maximum Gasteiger partial charge on any atom is 0.164 e. The van der Waals surface area contributed by atoms with Crippen LogP contribution >= 0.6 is 0 Å². The molecule has 4 aromatic carbocycles. The molecule has 0 fully saturated rings. The van der Waals surface area contributed by atoms with Crippen molar-refractivity contribution >= 4 is 11.0 Å². The Morgan fingerprint density at radius 1 is 0.488 bits per heavy atom. The summed E-state index contributed by atoms with van der Waals surface area (Å²) < 4.78 is 29.5. The summed E-state index contributed by atoms with van der Waals surface area (Å²) in [4.78, 5) is 23.5. The smallest absolute Gasteiger partial charge is 0.164 e. The van der Waals surface area contributed by atoms with Gasteiger partial charge in [0.2, 0.25) is 0 Å². The molecule has 0 aliphatic heterocycles. The van der Waals surface area contributed by atoms with Crippen molar-refractivity contribution < 1.29 is 8.78 Å². The van der Waals surface area contributed by atoms with Crippen molar-refractivity contribution in [2.75, 3.05) is 0 Å². The molecule has 3 aromatic heterocycles. The third-order valence-corrected chi connectivity index (χ3v) is 6.73. The quantitative estimate of drug-likeness (QED) is 0.226. The van der Waals surface area contributed by atoms with Gasteiger partial charge in [0, 0.05) is 34.6 Å². The van der Waals surface area contributed by atoms with Gasteiger partial charge < -0.3 is 0 Å². The maximum atomic E-state index is 13.7. The minimum absolute atomic E-state index is 0.359. The highest BCUT2D eigenvalue weighted by molar-refractivity contribution is 5.87. The molecular formula is C33H20F2N6. The average Bonchev–Trinajstić information content (AvgIpc) is 3.41. The zero-order valence-electron chi connectivity index (χ0n) is 21.5. The summed E-state index contributed by atoms with van der Waals surface area (Å²) in [5, 5.41) is 0. The molecule has 0 aliphatic rings. The van der Waals surface area contributed by atoms with Crippen LogP contribution in [0.2, 0.25) is 0 Å². The van der Waals surface area contributed by atoms with Gasteiger partial charge in [-0.1, -0.05) is 36.4 Å². The van der Waals surface area contributed by atoms with Crippen LogP contribution in [0.3, 0.4) is 0 Å². The second-order valence-corrected chi connectivity index (χ2v) is 9.33. The number of imidazole rings is 1. The Morgan fingerprint density at radius 2 is 1.02 bits per heavy atom. The lowest BCUT2D eigenvalue weighted by atomic mass is 10.1. The molecular weight excluding hydrogens is 518 g/mol. The molecule has 0 spiro atoms. The van der Waals surface area contributed by atoms with E-state index in [1.807, 2.05) is 60.7 Å². The lowest BCUT2D eigenvalue weighted by Crippen LogP contribution is -2.03. The van der Waals surface area contributed by atoms with Crippen LogP contribution in [0.15, 0.2) is 122 Å². The zero-order valence-corrected chi connectivity index (χ0v) is 21.5. The van der Waals surface area contributed by atoms with Crippen LogP contribution < -0.4 is 0 Å². The van der Waals surface area contributed by atoms with Crippen molar-refractivity contribution in [2.45, 2.75) is 0 Å². The van der Waals surface area contributed by atoms with Crippen LogP contribution in [0.4, 0.5) is 8.78 Å². The number of aromatic nitrogens is 6. The Labute approximate surface area is 233 Å². The maximum absolute atomic E-state index is 13.7. The fraction of sp³-hybridized carbons (Fsp3) is 0. The number of hydrogen-bond acceptors (Lipinski definition) is 5. The molecule has 0 unspecified atom stereocenters. The molecule has 0 radical (unpaired) electrons. The molecule has 0 aliphatic carbocycles. The van der Waals surface area contributed by atoms with E-state index < -0.39 is 0 Å². The summed E-state index contributed by atoms with van der Waals surface area (Å²) in [6.45, 7) is 0. The molecule has 0 bridgehead atoms. The lowest BCUT2D eigenvalue weighted by molar-refractivity contribution is 0.627. The van der Waals surface area contributed by atoms with Crippen LogP contribution in [-0.2, 0) is 0 Å². The van der Waals surface area contributed by atoms with Crippen molar-refractivity contribution in [1.29, 1.82) is 0 Å². The number of halogens is 2. The van der Waals surface area contributed by atoms with Crippen molar-refractivity contribution in [3.63, 3.8) is 0 Å². The van der Waals surface area contributed by atoms with Gasteiger partial charge in [-0.2, -0.15) is 0 Å². The Balaban J connectivity index is 1.48. The first-order valence-electron chi connectivity index (χ1n) is 12.9. The van der Waals surface area contributed by atoms with Gasteiger partial charge in [0.25, 0.3) is 0 Å². The van der Waals surface area contributed by atoms with Gasteiger partial charge in [0.15, 0.2) is 17.5 Å². The SMILES string of the molecule is Fc1ccc(-c2nc(-c3ccc(F)cc3)nc(-c3ccccc3-c3nc4ccccc4n3-c3ccncc3)n2)cc1. The zero-order chi connectivity index (χ0) is 27.8. The standard InChI is InChI=1S/C33H20F2N6/c34-23-13-9-21(10-14-23)30-38-31(22-11-15-24(35)16-12-22)40-32(39-30)26-5-1-2-6-27(26)33-37-28-7-3-4-8-29(28)41(33)25-17-19-36-20-18-25/h1-20H. The predicted octanol–water partition coefficient (Wildman–Crippen LogP) is 7.55. The van der Waals surface area contributed by atoms with Gasteiger partial charge in [-0.25, -0.2) is 28.7 Å². The van der Waals surface area contributed by atoms with Crippen molar-refractivity contribution in [1.82, 2.24) is 29.5 Å². The van der Waals surface area contributed by atoms with E-state index in [9.17, 15) is 8.78 Å². The molecule has 0 atom stereocenters. The second-order valence-electron chi connectivity index (χ2n) is 9.33. The van der Waals surface area contributed by atoms with Gasteiger partial charge in [0.05, 0.1) is 16.7 Å². The van der Waals surface area contributed by atoms with Crippen LogP contribution in [0.5, 0.6) is 0 Å². The van der Waals surface area contributed by atoms with E-state index in [0.29, 0.717) is 34.4 Å². The minimum Gasteiger partial charge on any atom is -0.292 e. The van der Waals surface area contributed by atoms with Crippen molar-refractivity contribution in [2.24, 2.45) is 0 Å². The van der Waals surface area contributed by atoms with Gasteiger partial charge in [-0.15, -0.1) is 0 Å². The highest BCUT2D eigenvalue weighted by atomic mass is 19.1. The number of benzene rings is 4. The molecule has 8 heteroatoms. The number of pyridine rings is 1. The Morgan fingerprint density at radius 3 is 1.66 bits per heavy atom. The summed E-state index contributed by atoms with van der Waals surface area (Å²) >= 11 is 0. The van der Waals surface area contributed by atoms with Crippen LogP contribution in [0.1, 0.15) is 0 Å². The minimum atomic E-state index is -0.359. The summed E-state index contributed by atoms with van der Waals surface area (Å²) in [6.07, 6.45) is 3.49. The van der Waals surface area contributed by atoms with Crippen LogP contribution in [0.25, 0.3) is 62.3 Å². The summed E-state index contributed by atoms with van der Waals surface area (Å²) in [6, 6.07) is 31.5. The Kier molecular flexibility index (Phi) is 6.05. The van der Waals surface area contributed by atoms with E-state index in [2.05, 4.69) is 14.5 Å². The molecule has 196 valence electrons. The number of nitrogens with zero attached hydrogens (tertiary/aromatic N) is 6. The highest BCUT2D eigenvalue weighted by Crippen LogP contribution is 2.35. The first-order valence-corrected chi connectivity index (χ1v) is 12.9. The van der Waals surface area contributed by atoms with Crippen LogP contribution in [-0.4, -0.2) is 29.5 Å². The van der Waals surface area contributed by atoms with Gasteiger partial charge in [0.1, 0.15) is 17.5 Å². The summed E-state index contributed by atoms with van der Waals surface area (Å²) in [5.41, 5.74) is 5.48. The molecule has 6 nitrogen and oxygen atoms in total. The molecule has 0 N–H and O–H groups in total. The average molecular weight is 539 g/mol. The fourth-order valence-corrected chi connectivity index (χ4v) is 4.79. The number of fused-ring (bicyclic) bond motifs is 1. The third kappa shape index (κ3) is 4.61. The molecule has 0 saturated carbocycles. The van der Waals surface area contributed by atoms with Crippen molar-refractivity contribution in [3.05, 3.63) is 133 Å². The molecule has 7 rings (SSSR count). The number of para-hydroxylation sites is 2. The lowest BCUT2D eigenvalue weighted by Gasteiger charge is -2.13. The number of hydrogen-bond donors (Lipinski definition) is 0. The summed E-state index contributed by atoms with van der Waals surface area (Å²) in [5.74, 6) is 1.13. The fourth-order valence-electron chi connectivity index (χ4n) is 4.79. The summed E-state index contributed by atoms with van der Waals surface area (Å²) in [7, 11) is 0. The van der Waals surface area contributed by atoms with E-state index in [1.54, 1.807) is 36.7 Å². The van der Waals surface area contributed by atoms with E-state index in [4.69, 9.17) is 15.0 Å². The molecule has 0 amide bonds. The van der Waals surface area contributed by atoms with E-state index in [0.717, 1.165) is 27.8 Å².